The molecule has 2 aromatic heterocycles. The molecule has 2 aromatic carbocycles. The second kappa shape index (κ2) is 9.50. The van der Waals surface area contributed by atoms with Crippen molar-refractivity contribution in [2.45, 2.75) is 0 Å². The van der Waals surface area contributed by atoms with Crippen molar-refractivity contribution in [3.63, 3.8) is 0 Å². The lowest BCUT2D eigenvalue weighted by Gasteiger charge is -2.09. The first-order valence-corrected chi connectivity index (χ1v) is 9.80. The van der Waals surface area contributed by atoms with Crippen LogP contribution in [0.3, 0.4) is 0 Å². The molecule has 2 amide bonds. The Labute approximate surface area is 184 Å². The van der Waals surface area contributed by atoms with Crippen molar-refractivity contribution in [1.82, 2.24) is 25.5 Å². The molecule has 0 radical (unpaired) electrons. The Morgan fingerprint density at radius 1 is 0.938 bits per heavy atom. The lowest BCUT2D eigenvalue weighted by atomic mass is 10.1. The van der Waals surface area contributed by atoms with Gasteiger partial charge in [-0.25, -0.2) is 10.5 Å². The van der Waals surface area contributed by atoms with Crippen molar-refractivity contribution in [1.29, 1.82) is 0 Å². The largest absolute Gasteiger partial charge is 0.317 e. The standard InChI is InChI=1S/C24H20N6O2/c25-28-24(32)21(27-23(31)17-8-3-1-4-9-17)14-19-16-30(20-11-5-2-6-12-20)29-22(19)18-10-7-13-26-15-18/h1-16H,25H2,(H,27,31)(H,28,32). The summed E-state index contributed by atoms with van der Waals surface area (Å²) in [7, 11) is 0. The number of hydrogen-bond acceptors (Lipinski definition) is 5. The number of rotatable bonds is 6. The Bertz CT molecular complexity index is 1250. The topological polar surface area (TPSA) is 115 Å². The molecule has 8 heteroatoms. The zero-order valence-corrected chi connectivity index (χ0v) is 17.0. The zero-order valence-electron chi connectivity index (χ0n) is 17.0. The SMILES string of the molecule is NNC(=O)C(=Cc1cn(-c2ccccc2)nc1-c1cccnc1)NC(=O)c1ccccc1. The van der Waals surface area contributed by atoms with Gasteiger partial charge in [-0.05, 0) is 42.5 Å². The molecular weight excluding hydrogens is 404 g/mol. The van der Waals surface area contributed by atoms with Crippen LogP contribution in [0.4, 0.5) is 0 Å². The van der Waals surface area contributed by atoms with Gasteiger partial charge in [0.25, 0.3) is 11.8 Å². The third kappa shape index (κ3) is 4.61. The minimum absolute atomic E-state index is 0.0147. The maximum Gasteiger partial charge on any atom is 0.281 e. The van der Waals surface area contributed by atoms with Crippen LogP contribution in [0.5, 0.6) is 0 Å². The van der Waals surface area contributed by atoms with E-state index in [0.717, 1.165) is 11.3 Å². The van der Waals surface area contributed by atoms with Gasteiger partial charge in [0.2, 0.25) is 0 Å². The van der Waals surface area contributed by atoms with Crippen LogP contribution in [0.15, 0.2) is 97.1 Å². The van der Waals surface area contributed by atoms with Gasteiger partial charge >= 0.3 is 0 Å². The molecule has 0 aliphatic heterocycles. The molecule has 0 atom stereocenters. The predicted molar refractivity (Wildman–Crippen MR) is 121 cm³/mol. The molecule has 0 saturated heterocycles. The summed E-state index contributed by atoms with van der Waals surface area (Å²) in [5.74, 6) is 4.29. The monoisotopic (exact) mass is 424 g/mol. The Morgan fingerprint density at radius 2 is 1.66 bits per heavy atom. The molecule has 0 aliphatic rings. The average molecular weight is 424 g/mol. The van der Waals surface area contributed by atoms with Gasteiger partial charge in [-0.1, -0.05) is 36.4 Å². The molecule has 0 aliphatic carbocycles. The van der Waals surface area contributed by atoms with Crippen molar-refractivity contribution < 1.29 is 9.59 Å². The summed E-state index contributed by atoms with van der Waals surface area (Å²) in [5, 5.41) is 7.32. The fourth-order valence-electron chi connectivity index (χ4n) is 3.11. The summed E-state index contributed by atoms with van der Waals surface area (Å²) >= 11 is 0. The molecule has 0 bridgehead atoms. The third-order valence-corrected chi connectivity index (χ3v) is 4.66. The first kappa shape index (κ1) is 20.7. The molecule has 0 unspecified atom stereocenters. The van der Waals surface area contributed by atoms with E-state index < -0.39 is 11.8 Å². The van der Waals surface area contributed by atoms with Crippen molar-refractivity contribution in [2.24, 2.45) is 5.84 Å². The molecule has 32 heavy (non-hydrogen) atoms. The summed E-state index contributed by atoms with van der Waals surface area (Å²) in [6.07, 6.45) is 6.66. The second-order valence-corrected chi connectivity index (χ2v) is 6.81. The van der Waals surface area contributed by atoms with E-state index in [1.54, 1.807) is 59.7 Å². The first-order chi connectivity index (χ1) is 15.7. The number of carbonyl (C=O) groups excluding carboxylic acids is 2. The number of pyridine rings is 1. The van der Waals surface area contributed by atoms with E-state index in [0.29, 0.717) is 16.8 Å². The van der Waals surface area contributed by atoms with Crippen LogP contribution < -0.4 is 16.6 Å². The number of carbonyl (C=O) groups is 2. The minimum atomic E-state index is -0.640. The number of nitrogens with zero attached hydrogens (tertiary/aromatic N) is 3. The fourth-order valence-corrected chi connectivity index (χ4v) is 3.11. The number of aromatic nitrogens is 3. The van der Waals surface area contributed by atoms with Gasteiger partial charge in [0, 0.05) is 35.3 Å². The number of hydrazine groups is 1. The minimum Gasteiger partial charge on any atom is -0.317 e. The van der Waals surface area contributed by atoms with E-state index in [4.69, 9.17) is 5.84 Å². The van der Waals surface area contributed by atoms with Crippen LogP contribution >= 0.6 is 0 Å². The molecule has 4 N–H and O–H groups in total. The highest BCUT2D eigenvalue weighted by Crippen LogP contribution is 2.25. The van der Waals surface area contributed by atoms with Gasteiger partial charge in [0.05, 0.1) is 5.69 Å². The highest BCUT2D eigenvalue weighted by Gasteiger charge is 2.17. The maximum atomic E-state index is 12.6. The quantitative estimate of drug-likeness (QED) is 0.191. The van der Waals surface area contributed by atoms with Crippen LogP contribution in [0.25, 0.3) is 23.0 Å². The van der Waals surface area contributed by atoms with Crippen LogP contribution in [0, 0.1) is 0 Å². The molecule has 0 fully saturated rings. The molecule has 4 aromatic rings. The van der Waals surface area contributed by atoms with Gasteiger partial charge in [-0.15, -0.1) is 0 Å². The van der Waals surface area contributed by atoms with Gasteiger partial charge < -0.3 is 5.32 Å². The Morgan fingerprint density at radius 3 is 2.31 bits per heavy atom. The fraction of sp³-hybridized carbons (Fsp3) is 0. The predicted octanol–water partition coefficient (Wildman–Crippen LogP) is 2.70. The van der Waals surface area contributed by atoms with Crippen LogP contribution in [-0.4, -0.2) is 26.6 Å². The molecule has 0 spiro atoms. The van der Waals surface area contributed by atoms with Gasteiger partial charge in [-0.3, -0.25) is 20.0 Å². The zero-order chi connectivity index (χ0) is 22.3. The molecule has 4 rings (SSSR count). The molecular formula is C24H20N6O2. The Hall–Kier alpha value is -4.56. The normalized spacial score (nSPS) is 11.1. The van der Waals surface area contributed by atoms with E-state index in [1.165, 1.54) is 6.08 Å². The molecule has 158 valence electrons. The van der Waals surface area contributed by atoms with Crippen molar-refractivity contribution >= 4 is 17.9 Å². The molecule has 8 nitrogen and oxygen atoms in total. The summed E-state index contributed by atoms with van der Waals surface area (Å²) in [4.78, 5) is 29.3. The number of para-hydroxylation sites is 1. The Kier molecular flexibility index (Phi) is 6.15. The number of hydrogen-bond donors (Lipinski definition) is 3. The first-order valence-electron chi connectivity index (χ1n) is 9.80. The number of amides is 2. The number of nitrogens with two attached hydrogens (primary N) is 1. The summed E-state index contributed by atoms with van der Waals surface area (Å²) in [6.45, 7) is 0. The smallest absolute Gasteiger partial charge is 0.281 e. The maximum absolute atomic E-state index is 12.6. The van der Waals surface area contributed by atoms with E-state index in [9.17, 15) is 9.59 Å². The van der Waals surface area contributed by atoms with Crippen LogP contribution in [0.2, 0.25) is 0 Å². The average Bonchev–Trinajstić information content (AvgIpc) is 3.28. The summed E-state index contributed by atoms with van der Waals surface area (Å²) in [6, 6.07) is 21.8. The summed E-state index contributed by atoms with van der Waals surface area (Å²) in [5.41, 5.74) is 5.28. The van der Waals surface area contributed by atoms with Crippen LogP contribution in [-0.2, 0) is 4.79 Å². The van der Waals surface area contributed by atoms with E-state index in [-0.39, 0.29) is 5.70 Å². The van der Waals surface area contributed by atoms with Crippen LogP contribution in [0.1, 0.15) is 15.9 Å². The lowest BCUT2D eigenvalue weighted by Crippen LogP contribution is -2.38. The van der Waals surface area contributed by atoms with E-state index in [2.05, 4.69) is 20.8 Å². The van der Waals surface area contributed by atoms with Crippen molar-refractivity contribution in [3.8, 4) is 16.9 Å². The van der Waals surface area contributed by atoms with Crippen molar-refractivity contribution in [2.75, 3.05) is 0 Å². The van der Waals surface area contributed by atoms with Crippen molar-refractivity contribution in [3.05, 3.63) is 108 Å². The highest BCUT2D eigenvalue weighted by molar-refractivity contribution is 6.05. The third-order valence-electron chi connectivity index (χ3n) is 4.66. The van der Waals surface area contributed by atoms with E-state index in [1.807, 2.05) is 36.4 Å². The van der Waals surface area contributed by atoms with Gasteiger partial charge in [0.1, 0.15) is 11.4 Å². The molecule has 2 heterocycles. The second-order valence-electron chi connectivity index (χ2n) is 6.81. The Balaban J connectivity index is 1.78. The van der Waals surface area contributed by atoms with E-state index >= 15 is 0 Å². The number of nitrogens with one attached hydrogen (secondary N) is 2. The molecule has 0 saturated carbocycles. The highest BCUT2D eigenvalue weighted by atomic mass is 16.2. The number of benzene rings is 2. The van der Waals surface area contributed by atoms with Gasteiger partial charge in [0.15, 0.2) is 0 Å². The van der Waals surface area contributed by atoms with Gasteiger partial charge in [-0.2, -0.15) is 5.10 Å². The lowest BCUT2D eigenvalue weighted by molar-refractivity contribution is -0.117. The summed E-state index contributed by atoms with van der Waals surface area (Å²) < 4.78 is 1.70.